The van der Waals surface area contributed by atoms with Crippen LogP contribution in [0.2, 0.25) is 4.47 Å². The summed E-state index contributed by atoms with van der Waals surface area (Å²) in [7, 11) is 0. The van der Waals surface area contributed by atoms with Crippen LogP contribution in [0.25, 0.3) is 0 Å². The zero-order valence-electron chi connectivity index (χ0n) is 7.30. The number of hydrogen-bond acceptors (Lipinski definition) is 3. The van der Waals surface area contributed by atoms with Gasteiger partial charge in [-0.25, -0.2) is 4.98 Å². The van der Waals surface area contributed by atoms with E-state index >= 15 is 0 Å². The van der Waals surface area contributed by atoms with Gasteiger partial charge in [-0.2, -0.15) is 0 Å². The first-order chi connectivity index (χ1) is 5.68. The predicted molar refractivity (Wildman–Crippen MR) is 53.7 cm³/mol. The molecule has 2 nitrogen and oxygen atoms in total. The van der Waals surface area contributed by atoms with E-state index in [1.807, 2.05) is 6.20 Å². The number of nitrogens with zero attached hydrogens (tertiary/aromatic N) is 1. The first-order valence-electron chi connectivity index (χ1n) is 3.99. The van der Waals surface area contributed by atoms with Gasteiger partial charge in [-0.1, -0.05) is 25.4 Å². The van der Waals surface area contributed by atoms with Gasteiger partial charge in [0.25, 0.3) is 0 Å². The van der Waals surface area contributed by atoms with E-state index in [4.69, 9.17) is 11.6 Å². The molecule has 0 saturated heterocycles. The van der Waals surface area contributed by atoms with E-state index in [2.05, 4.69) is 24.1 Å². The summed E-state index contributed by atoms with van der Waals surface area (Å²) < 4.78 is 0.622. The fourth-order valence-corrected chi connectivity index (χ4v) is 1.80. The van der Waals surface area contributed by atoms with E-state index in [1.54, 1.807) is 0 Å². The zero-order valence-corrected chi connectivity index (χ0v) is 8.87. The van der Waals surface area contributed by atoms with Crippen LogP contribution in [0, 0.1) is 5.92 Å². The van der Waals surface area contributed by atoms with Crippen molar-refractivity contribution in [1.29, 1.82) is 0 Å². The van der Waals surface area contributed by atoms with Crippen LogP contribution in [0.3, 0.4) is 0 Å². The molecule has 0 amide bonds. The molecule has 0 aromatic carbocycles. The summed E-state index contributed by atoms with van der Waals surface area (Å²) in [5.41, 5.74) is 0. The quantitative estimate of drug-likeness (QED) is 0.816. The Morgan fingerprint density at radius 2 is 2.42 bits per heavy atom. The van der Waals surface area contributed by atoms with Crippen LogP contribution in [0.4, 0.5) is 0 Å². The van der Waals surface area contributed by atoms with Gasteiger partial charge in [0.1, 0.15) is 0 Å². The normalized spacial score (nSPS) is 11.0. The fourth-order valence-electron chi connectivity index (χ4n) is 0.849. The summed E-state index contributed by atoms with van der Waals surface area (Å²) in [4.78, 5) is 5.15. The minimum absolute atomic E-state index is 0.622. The Morgan fingerprint density at radius 1 is 1.67 bits per heavy atom. The smallest absolute Gasteiger partial charge is 0.183 e. The van der Waals surface area contributed by atoms with E-state index in [9.17, 15) is 0 Å². The summed E-state index contributed by atoms with van der Waals surface area (Å²) in [6.07, 6.45) is 1.82. The van der Waals surface area contributed by atoms with E-state index in [1.165, 1.54) is 16.2 Å². The minimum atomic E-state index is 0.622. The number of thiazole rings is 1. The average molecular weight is 205 g/mol. The van der Waals surface area contributed by atoms with Crippen LogP contribution in [-0.2, 0) is 6.54 Å². The van der Waals surface area contributed by atoms with Gasteiger partial charge >= 0.3 is 0 Å². The van der Waals surface area contributed by atoms with Crippen LogP contribution >= 0.6 is 22.9 Å². The van der Waals surface area contributed by atoms with E-state index in [0.717, 1.165) is 13.1 Å². The topological polar surface area (TPSA) is 24.9 Å². The third-order valence-electron chi connectivity index (χ3n) is 1.38. The van der Waals surface area contributed by atoms with E-state index in [-0.39, 0.29) is 0 Å². The molecule has 0 aliphatic rings. The van der Waals surface area contributed by atoms with Gasteiger partial charge in [0, 0.05) is 17.6 Å². The summed E-state index contributed by atoms with van der Waals surface area (Å²) in [6.45, 7) is 6.29. The van der Waals surface area contributed by atoms with Crippen molar-refractivity contribution < 1.29 is 0 Å². The van der Waals surface area contributed by atoms with Crippen LogP contribution in [0.1, 0.15) is 18.7 Å². The molecule has 4 heteroatoms. The van der Waals surface area contributed by atoms with E-state index < -0.39 is 0 Å². The monoisotopic (exact) mass is 204 g/mol. The maximum absolute atomic E-state index is 5.68. The molecule has 0 aliphatic carbocycles. The van der Waals surface area contributed by atoms with Crippen LogP contribution in [-0.4, -0.2) is 11.5 Å². The number of aromatic nitrogens is 1. The molecule has 1 N–H and O–H groups in total. The molecule has 0 spiro atoms. The highest BCUT2D eigenvalue weighted by atomic mass is 35.5. The molecule has 0 atom stereocenters. The lowest BCUT2D eigenvalue weighted by Gasteiger charge is -2.04. The Balaban J connectivity index is 2.24. The van der Waals surface area contributed by atoms with Gasteiger partial charge in [0.2, 0.25) is 0 Å². The summed E-state index contributed by atoms with van der Waals surface area (Å²) in [5, 5.41) is 3.33. The molecule has 1 aromatic heterocycles. The first-order valence-corrected chi connectivity index (χ1v) is 5.19. The van der Waals surface area contributed by atoms with Gasteiger partial charge in [0.05, 0.1) is 0 Å². The summed E-state index contributed by atoms with van der Waals surface area (Å²) >= 11 is 7.21. The minimum Gasteiger partial charge on any atom is -0.312 e. The lowest BCUT2D eigenvalue weighted by atomic mass is 10.2. The highest BCUT2D eigenvalue weighted by Crippen LogP contribution is 2.17. The molecule has 1 heterocycles. The molecule has 0 unspecified atom stereocenters. The summed E-state index contributed by atoms with van der Waals surface area (Å²) in [5.74, 6) is 0.688. The van der Waals surface area contributed by atoms with Gasteiger partial charge in [-0.3, -0.25) is 0 Å². The number of rotatable bonds is 4. The molecule has 0 radical (unpaired) electrons. The van der Waals surface area contributed by atoms with Crippen molar-refractivity contribution in [3.63, 3.8) is 0 Å². The Hall–Kier alpha value is -0.120. The number of hydrogen-bond donors (Lipinski definition) is 1. The second-order valence-corrected chi connectivity index (χ2v) is 4.80. The van der Waals surface area contributed by atoms with Crippen molar-refractivity contribution in [2.45, 2.75) is 20.4 Å². The van der Waals surface area contributed by atoms with E-state index in [0.29, 0.717) is 10.4 Å². The highest BCUT2D eigenvalue weighted by molar-refractivity contribution is 7.15. The molecule has 0 saturated carbocycles. The fraction of sp³-hybridized carbons (Fsp3) is 0.625. The largest absolute Gasteiger partial charge is 0.312 e. The molecule has 68 valence electrons. The van der Waals surface area contributed by atoms with Crippen molar-refractivity contribution in [3.8, 4) is 0 Å². The average Bonchev–Trinajstić information content (AvgIpc) is 2.35. The molecule has 0 bridgehead atoms. The van der Waals surface area contributed by atoms with Crippen LogP contribution in [0.5, 0.6) is 0 Å². The van der Waals surface area contributed by atoms with Crippen LogP contribution in [0.15, 0.2) is 6.20 Å². The summed E-state index contributed by atoms with van der Waals surface area (Å²) in [6, 6.07) is 0. The number of nitrogens with one attached hydrogen (secondary N) is 1. The van der Waals surface area contributed by atoms with Gasteiger partial charge in [-0.05, 0) is 12.5 Å². The third kappa shape index (κ3) is 3.52. The molecular weight excluding hydrogens is 192 g/mol. The maximum Gasteiger partial charge on any atom is 0.183 e. The Bertz CT molecular complexity index is 235. The highest BCUT2D eigenvalue weighted by Gasteiger charge is 1.98. The molecular formula is C8H13ClN2S. The standard InChI is InChI=1S/C8H13ClN2S/c1-6(2)3-10-4-7-5-11-8(9)12-7/h5-6,10H,3-4H2,1-2H3. The van der Waals surface area contributed by atoms with Crippen molar-refractivity contribution in [2.24, 2.45) is 5.92 Å². The first kappa shape index (κ1) is 9.96. The SMILES string of the molecule is CC(C)CNCc1cnc(Cl)s1. The lowest BCUT2D eigenvalue weighted by Crippen LogP contribution is -2.18. The van der Waals surface area contributed by atoms with Crippen molar-refractivity contribution in [2.75, 3.05) is 6.54 Å². The Morgan fingerprint density at radius 3 is 2.92 bits per heavy atom. The van der Waals surface area contributed by atoms with Gasteiger partial charge in [-0.15, -0.1) is 11.3 Å². The van der Waals surface area contributed by atoms with Crippen molar-refractivity contribution in [3.05, 3.63) is 15.5 Å². The molecule has 12 heavy (non-hydrogen) atoms. The molecule has 1 aromatic rings. The molecule has 0 fully saturated rings. The predicted octanol–water partition coefficient (Wildman–Crippen LogP) is 2.54. The maximum atomic E-state index is 5.68. The zero-order chi connectivity index (χ0) is 8.97. The Labute approximate surface area is 82.0 Å². The third-order valence-corrected chi connectivity index (χ3v) is 2.49. The van der Waals surface area contributed by atoms with Crippen LogP contribution < -0.4 is 5.32 Å². The second-order valence-electron chi connectivity index (χ2n) is 3.10. The molecule has 1 rings (SSSR count). The van der Waals surface area contributed by atoms with Crippen molar-refractivity contribution >= 4 is 22.9 Å². The van der Waals surface area contributed by atoms with Gasteiger partial charge in [0.15, 0.2) is 4.47 Å². The second kappa shape index (κ2) is 4.80. The molecule has 0 aliphatic heterocycles. The number of halogens is 1. The van der Waals surface area contributed by atoms with Gasteiger partial charge < -0.3 is 5.32 Å². The lowest BCUT2D eigenvalue weighted by molar-refractivity contribution is 0.554. The van der Waals surface area contributed by atoms with Crippen molar-refractivity contribution in [1.82, 2.24) is 10.3 Å². The Kier molecular flexibility index (Phi) is 3.98.